The fourth-order valence-electron chi connectivity index (χ4n) is 3.41. The Balaban J connectivity index is 1.49. The summed E-state index contributed by atoms with van der Waals surface area (Å²) < 4.78 is 1.09. The van der Waals surface area contributed by atoms with E-state index in [0.29, 0.717) is 10.9 Å². The highest BCUT2D eigenvalue weighted by Crippen LogP contribution is 2.25. The largest absolute Gasteiger partial charge is 0.372 e. The summed E-state index contributed by atoms with van der Waals surface area (Å²) >= 11 is 0. The fourth-order valence-corrected chi connectivity index (χ4v) is 3.41. The van der Waals surface area contributed by atoms with Crippen LogP contribution in [0.15, 0.2) is 47.3 Å². The SMILES string of the molecule is Cc1cc(N2CCCC2)ccc1NC(=O)Cn1nnc2ccccc2c1=O. The number of carbonyl (C=O) groups is 1. The number of rotatable bonds is 4. The summed E-state index contributed by atoms with van der Waals surface area (Å²) in [5.41, 5.74) is 3.11. The Hall–Kier alpha value is -3.22. The van der Waals surface area contributed by atoms with Gasteiger partial charge in [0.1, 0.15) is 12.1 Å². The molecule has 2 heterocycles. The molecule has 1 amide bonds. The van der Waals surface area contributed by atoms with Crippen LogP contribution in [-0.4, -0.2) is 34.0 Å². The van der Waals surface area contributed by atoms with Crippen molar-refractivity contribution in [3.63, 3.8) is 0 Å². The second-order valence-corrected chi connectivity index (χ2v) is 6.81. The molecule has 0 radical (unpaired) electrons. The molecular weight excluding hydrogens is 342 g/mol. The third-order valence-electron chi connectivity index (χ3n) is 4.88. The van der Waals surface area contributed by atoms with Crippen LogP contribution in [0.25, 0.3) is 10.9 Å². The van der Waals surface area contributed by atoms with Gasteiger partial charge in [0.25, 0.3) is 5.56 Å². The molecule has 7 heteroatoms. The van der Waals surface area contributed by atoms with Crippen LogP contribution in [0, 0.1) is 6.92 Å². The highest BCUT2D eigenvalue weighted by atomic mass is 16.2. The number of anilines is 2. The Labute approximate surface area is 156 Å². The van der Waals surface area contributed by atoms with E-state index in [4.69, 9.17) is 0 Å². The lowest BCUT2D eigenvalue weighted by Crippen LogP contribution is -2.30. The van der Waals surface area contributed by atoms with Gasteiger partial charge in [-0.2, -0.15) is 0 Å². The zero-order valence-electron chi connectivity index (χ0n) is 15.2. The number of nitrogens with zero attached hydrogens (tertiary/aromatic N) is 4. The quantitative estimate of drug-likeness (QED) is 0.770. The van der Waals surface area contributed by atoms with Crippen LogP contribution in [0.2, 0.25) is 0 Å². The molecule has 1 saturated heterocycles. The van der Waals surface area contributed by atoms with Crippen molar-refractivity contribution in [3.05, 3.63) is 58.4 Å². The Morgan fingerprint density at radius 2 is 1.93 bits per heavy atom. The van der Waals surface area contributed by atoms with E-state index in [1.54, 1.807) is 24.3 Å². The van der Waals surface area contributed by atoms with Crippen molar-refractivity contribution in [2.75, 3.05) is 23.3 Å². The molecule has 1 aliphatic rings. The molecule has 1 fully saturated rings. The summed E-state index contributed by atoms with van der Waals surface area (Å²) in [5.74, 6) is -0.307. The molecule has 3 aromatic rings. The van der Waals surface area contributed by atoms with Gasteiger partial charge in [-0.3, -0.25) is 9.59 Å². The number of hydrogen-bond acceptors (Lipinski definition) is 5. The first kappa shape index (κ1) is 17.2. The standard InChI is InChI=1S/C20H21N5O2/c1-14-12-15(24-10-4-5-11-24)8-9-17(14)21-19(26)13-25-20(27)16-6-2-3-7-18(16)22-23-25/h2-3,6-9,12H,4-5,10-11,13H2,1H3,(H,21,26). The van der Waals surface area contributed by atoms with Crippen molar-refractivity contribution >= 4 is 28.2 Å². The summed E-state index contributed by atoms with van der Waals surface area (Å²) in [6.07, 6.45) is 2.44. The van der Waals surface area contributed by atoms with Crippen molar-refractivity contribution < 1.29 is 4.79 Å². The minimum Gasteiger partial charge on any atom is -0.372 e. The van der Waals surface area contributed by atoms with Gasteiger partial charge < -0.3 is 10.2 Å². The van der Waals surface area contributed by atoms with Gasteiger partial charge in [0.05, 0.1) is 5.39 Å². The van der Waals surface area contributed by atoms with Crippen molar-refractivity contribution in [2.45, 2.75) is 26.3 Å². The van der Waals surface area contributed by atoms with Gasteiger partial charge in [0.2, 0.25) is 5.91 Å². The van der Waals surface area contributed by atoms with E-state index < -0.39 is 0 Å². The number of aryl methyl sites for hydroxylation is 1. The van der Waals surface area contributed by atoms with E-state index in [2.05, 4.69) is 26.6 Å². The van der Waals surface area contributed by atoms with E-state index in [-0.39, 0.29) is 18.0 Å². The van der Waals surface area contributed by atoms with Crippen LogP contribution < -0.4 is 15.8 Å². The molecule has 1 aliphatic heterocycles. The molecule has 138 valence electrons. The molecule has 1 N–H and O–H groups in total. The van der Waals surface area contributed by atoms with E-state index in [0.717, 1.165) is 29.0 Å². The maximum atomic E-state index is 12.4. The second-order valence-electron chi connectivity index (χ2n) is 6.81. The number of hydrogen-bond donors (Lipinski definition) is 1. The summed E-state index contributed by atoms with van der Waals surface area (Å²) in [7, 11) is 0. The number of aromatic nitrogens is 3. The number of fused-ring (bicyclic) bond motifs is 1. The van der Waals surface area contributed by atoms with Crippen LogP contribution >= 0.6 is 0 Å². The number of amides is 1. The minimum atomic E-state index is -0.322. The van der Waals surface area contributed by atoms with Gasteiger partial charge >= 0.3 is 0 Å². The normalized spacial score (nSPS) is 13.9. The first-order chi connectivity index (χ1) is 13.1. The summed E-state index contributed by atoms with van der Waals surface area (Å²) in [6.45, 7) is 3.95. The first-order valence-corrected chi connectivity index (χ1v) is 9.10. The maximum absolute atomic E-state index is 12.4. The van der Waals surface area contributed by atoms with Crippen LogP contribution in [0.1, 0.15) is 18.4 Å². The smallest absolute Gasteiger partial charge is 0.278 e. The zero-order chi connectivity index (χ0) is 18.8. The molecule has 0 saturated carbocycles. The van der Waals surface area contributed by atoms with Gasteiger partial charge in [-0.15, -0.1) is 5.10 Å². The molecule has 1 aromatic heterocycles. The molecule has 27 heavy (non-hydrogen) atoms. The first-order valence-electron chi connectivity index (χ1n) is 9.10. The number of benzene rings is 2. The van der Waals surface area contributed by atoms with Crippen molar-refractivity contribution in [1.29, 1.82) is 0 Å². The monoisotopic (exact) mass is 363 g/mol. The molecule has 0 aliphatic carbocycles. The predicted molar refractivity (Wildman–Crippen MR) is 105 cm³/mol. The van der Waals surface area contributed by atoms with Crippen LogP contribution in [0.5, 0.6) is 0 Å². The van der Waals surface area contributed by atoms with Crippen LogP contribution in [0.4, 0.5) is 11.4 Å². The summed E-state index contributed by atoms with van der Waals surface area (Å²) in [5, 5.41) is 11.2. The third-order valence-corrected chi connectivity index (χ3v) is 4.88. The molecule has 0 bridgehead atoms. The molecule has 4 rings (SSSR count). The fraction of sp³-hybridized carbons (Fsp3) is 0.300. The molecule has 7 nitrogen and oxygen atoms in total. The Morgan fingerprint density at radius 1 is 1.15 bits per heavy atom. The predicted octanol–water partition coefficient (Wildman–Crippen LogP) is 2.34. The van der Waals surface area contributed by atoms with Crippen LogP contribution in [0.3, 0.4) is 0 Å². The number of nitrogens with one attached hydrogen (secondary N) is 1. The molecular formula is C20H21N5O2. The van der Waals surface area contributed by atoms with Gasteiger partial charge in [-0.25, -0.2) is 4.68 Å². The maximum Gasteiger partial charge on any atom is 0.278 e. The molecule has 0 spiro atoms. The summed E-state index contributed by atoms with van der Waals surface area (Å²) in [4.78, 5) is 27.2. The van der Waals surface area contributed by atoms with Gasteiger partial charge in [0, 0.05) is 24.5 Å². The lowest BCUT2D eigenvalue weighted by atomic mass is 10.1. The summed E-state index contributed by atoms with van der Waals surface area (Å²) in [6, 6.07) is 13.0. The van der Waals surface area contributed by atoms with Gasteiger partial charge in [-0.1, -0.05) is 17.3 Å². The van der Waals surface area contributed by atoms with Gasteiger partial charge in [0.15, 0.2) is 0 Å². The minimum absolute atomic E-state index is 0.177. The Bertz CT molecular complexity index is 1050. The molecule has 2 aromatic carbocycles. The van der Waals surface area contributed by atoms with Crippen molar-refractivity contribution in [3.8, 4) is 0 Å². The van der Waals surface area contributed by atoms with Crippen molar-refractivity contribution in [2.24, 2.45) is 0 Å². The average molecular weight is 363 g/mol. The van der Waals surface area contributed by atoms with E-state index in [1.165, 1.54) is 18.5 Å². The average Bonchev–Trinajstić information content (AvgIpc) is 3.21. The lowest BCUT2D eigenvalue weighted by molar-refractivity contribution is -0.117. The lowest BCUT2D eigenvalue weighted by Gasteiger charge is -2.19. The zero-order valence-corrected chi connectivity index (χ0v) is 15.2. The highest BCUT2D eigenvalue weighted by molar-refractivity contribution is 5.91. The third kappa shape index (κ3) is 3.53. The van der Waals surface area contributed by atoms with Crippen LogP contribution in [-0.2, 0) is 11.3 Å². The Morgan fingerprint density at radius 3 is 2.70 bits per heavy atom. The second kappa shape index (κ2) is 7.19. The molecule has 0 atom stereocenters. The van der Waals surface area contributed by atoms with Gasteiger partial charge in [-0.05, 0) is 55.7 Å². The van der Waals surface area contributed by atoms with Crippen molar-refractivity contribution in [1.82, 2.24) is 15.0 Å². The van der Waals surface area contributed by atoms with E-state index >= 15 is 0 Å². The topological polar surface area (TPSA) is 80.1 Å². The molecule has 0 unspecified atom stereocenters. The van der Waals surface area contributed by atoms with E-state index in [1.807, 2.05) is 19.1 Å². The highest BCUT2D eigenvalue weighted by Gasteiger charge is 2.14. The Kier molecular flexibility index (Phi) is 4.58. The number of carbonyl (C=O) groups excluding carboxylic acids is 1. The van der Waals surface area contributed by atoms with E-state index in [9.17, 15) is 9.59 Å².